The summed E-state index contributed by atoms with van der Waals surface area (Å²) in [5.41, 5.74) is 0.896. The van der Waals surface area contributed by atoms with Crippen molar-refractivity contribution < 1.29 is 14.3 Å². The van der Waals surface area contributed by atoms with E-state index in [1.54, 1.807) is 7.11 Å². The SMILES string of the molecule is COc1ccc(CC(=O)NCC(=O)NC2CCCCCC2)cc1. The Morgan fingerprint density at radius 2 is 1.70 bits per heavy atom. The molecule has 2 amide bonds. The molecule has 5 nitrogen and oxygen atoms in total. The van der Waals surface area contributed by atoms with Crippen LogP contribution >= 0.6 is 0 Å². The van der Waals surface area contributed by atoms with Crippen LogP contribution in [0.4, 0.5) is 0 Å². The Labute approximate surface area is 137 Å². The topological polar surface area (TPSA) is 67.4 Å². The van der Waals surface area contributed by atoms with Crippen molar-refractivity contribution in [3.05, 3.63) is 29.8 Å². The summed E-state index contributed by atoms with van der Waals surface area (Å²) in [4.78, 5) is 23.8. The Morgan fingerprint density at radius 1 is 1.04 bits per heavy atom. The number of ether oxygens (including phenoxy) is 1. The molecule has 0 radical (unpaired) electrons. The average Bonchev–Trinajstić information content (AvgIpc) is 2.82. The zero-order valence-electron chi connectivity index (χ0n) is 13.8. The van der Waals surface area contributed by atoms with Gasteiger partial charge in [-0.15, -0.1) is 0 Å². The van der Waals surface area contributed by atoms with Gasteiger partial charge in [0.25, 0.3) is 0 Å². The van der Waals surface area contributed by atoms with E-state index >= 15 is 0 Å². The predicted molar refractivity (Wildman–Crippen MR) is 89.3 cm³/mol. The summed E-state index contributed by atoms with van der Waals surface area (Å²) in [6, 6.07) is 7.61. The second-order valence-corrected chi connectivity index (χ2v) is 6.06. The van der Waals surface area contributed by atoms with Crippen LogP contribution in [0.25, 0.3) is 0 Å². The summed E-state index contributed by atoms with van der Waals surface area (Å²) in [5, 5.41) is 5.71. The highest BCUT2D eigenvalue weighted by molar-refractivity contribution is 5.85. The molecule has 23 heavy (non-hydrogen) atoms. The molecule has 1 fully saturated rings. The zero-order valence-corrected chi connectivity index (χ0v) is 13.8. The van der Waals surface area contributed by atoms with Gasteiger partial charge in [0.05, 0.1) is 20.1 Å². The first-order valence-electron chi connectivity index (χ1n) is 8.36. The minimum absolute atomic E-state index is 0.0471. The molecular formula is C18H26N2O3. The monoisotopic (exact) mass is 318 g/mol. The van der Waals surface area contributed by atoms with E-state index in [4.69, 9.17) is 4.74 Å². The Bertz CT molecular complexity index is 506. The van der Waals surface area contributed by atoms with E-state index in [0.29, 0.717) is 0 Å². The van der Waals surface area contributed by atoms with Crippen molar-refractivity contribution >= 4 is 11.8 Å². The van der Waals surface area contributed by atoms with Gasteiger partial charge in [-0.2, -0.15) is 0 Å². The third-order valence-corrected chi connectivity index (χ3v) is 4.19. The van der Waals surface area contributed by atoms with Crippen LogP contribution in [-0.4, -0.2) is 31.5 Å². The smallest absolute Gasteiger partial charge is 0.239 e. The summed E-state index contributed by atoms with van der Waals surface area (Å²) < 4.78 is 5.08. The molecule has 1 aromatic carbocycles. The van der Waals surface area contributed by atoms with Crippen LogP contribution in [-0.2, 0) is 16.0 Å². The van der Waals surface area contributed by atoms with Crippen LogP contribution in [0.2, 0.25) is 0 Å². The largest absolute Gasteiger partial charge is 0.497 e. The first-order valence-corrected chi connectivity index (χ1v) is 8.36. The molecule has 1 aromatic rings. The number of rotatable bonds is 6. The van der Waals surface area contributed by atoms with Crippen molar-refractivity contribution in [2.24, 2.45) is 0 Å². The van der Waals surface area contributed by atoms with Crippen molar-refractivity contribution in [1.82, 2.24) is 10.6 Å². The Kier molecular flexibility index (Phi) is 6.91. The van der Waals surface area contributed by atoms with Crippen LogP contribution in [0, 0.1) is 0 Å². The fourth-order valence-corrected chi connectivity index (χ4v) is 2.87. The Hall–Kier alpha value is -2.04. The molecule has 5 heteroatoms. The van der Waals surface area contributed by atoms with Gasteiger partial charge >= 0.3 is 0 Å². The van der Waals surface area contributed by atoms with Gasteiger partial charge in [-0.3, -0.25) is 9.59 Å². The number of carbonyl (C=O) groups excluding carboxylic acids is 2. The molecule has 2 rings (SSSR count). The van der Waals surface area contributed by atoms with E-state index < -0.39 is 0 Å². The van der Waals surface area contributed by atoms with Gasteiger partial charge in [0.15, 0.2) is 0 Å². The van der Waals surface area contributed by atoms with Crippen LogP contribution in [0.5, 0.6) is 5.75 Å². The lowest BCUT2D eigenvalue weighted by Gasteiger charge is -2.16. The Balaban J connectivity index is 1.69. The van der Waals surface area contributed by atoms with Crippen molar-refractivity contribution in [2.45, 2.75) is 51.0 Å². The number of amides is 2. The number of methoxy groups -OCH3 is 1. The molecule has 1 aliphatic rings. The lowest BCUT2D eigenvalue weighted by atomic mass is 10.1. The number of nitrogens with one attached hydrogen (secondary N) is 2. The third-order valence-electron chi connectivity index (χ3n) is 4.19. The molecule has 0 aliphatic heterocycles. The van der Waals surface area contributed by atoms with Gasteiger partial charge in [-0.25, -0.2) is 0 Å². The molecule has 2 N–H and O–H groups in total. The number of hydrogen-bond donors (Lipinski definition) is 2. The van der Waals surface area contributed by atoms with Gasteiger partial charge < -0.3 is 15.4 Å². The fourth-order valence-electron chi connectivity index (χ4n) is 2.87. The van der Waals surface area contributed by atoms with Crippen LogP contribution < -0.4 is 15.4 Å². The van der Waals surface area contributed by atoms with E-state index in [1.807, 2.05) is 24.3 Å². The van der Waals surface area contributed by atoms with Crippen LogP contribution in [0.15, 0.2) is 24.3 Å². The molecule has 0 aromatic heterocycles. The summed E-state index contributed by atoms with van der Waals surface area (Å²) in [7, 11) is 1.61. The first kappa shape index (κ1) is 17.3. The molecule has 126 valence electrons. The average molecular weight is 318 g/mol. The van der Waals surface area contributed by atoms with Gasteiger partial charge in [0, 0.05) is 6.04 Å². The van der Waals surface area contributed by atoms with Crippen molar-refractivity contribution in [1.29, 1.82) is 0 Å². The minimum atomic E-state index is -0.147. The molecule has 0 bridgehead atoms. The molecular weight excluding hydrogens is 292 g/mol. The maximum absolute atomic E-state index is 11.9. The molecule has 0 heterocycles. The molecule has 1 aliphatic carbocycles. The maximum atomic E-state index is 11.9. The molecule has 0 unspecified atom stereocenters. The summed E-state index contributed by atoms with van der Waals surface area (Å²) in [6.07, 6.45) is 7.22. The highest BCUT2D eigenvalue weighted by Crippen LogP contribution is 2.17. The first-order chi connectivity index (χ1) is 11.2. The van der Waals surface area contributed by atoms with Gasteiger partial charge in [-0.05, 0) is 30.5 Å². The second-order valence-electron chi connectivity index (χ2n) is 6.06. The standard InChI is InChI=1S/C18H26N2O3/c1-23-16-10-8-14(9-11-16)12-17(21)19-13-18(22)20-15-6-4-2-3-5-7-15/h8-11,15H,2-7,12-13H2,1H3,(H,19,21)(H,20,22). The maximum Gasteiger partial charge on any atom is 0.239 e. The van der Waals surface area contributed by atoms with Crippen molar-refractivity contribution in [2.75, 3.05) is 13.7 Å². The predicted octanol–water partition coefficient (Wildman–Crippen LogP) is 2.19. The molecule has 1 saturated carbocycles. The summed E-state index contributed by atoms with van der Waals surface area (Å²) >= 11 is 0. The van der Waals surface area contributed by atoms with E-state index in [1.165, 1.54) is 25.7 Å². The highest BCUT2D eigenvalue weighted by atomic mass is 16.5. The lowest BCUT2D eigenvalue weighted by Crippen LogP contribution is -2.42. The minimum Gasteiger partial charge on any atom is -0.497 e. The second kappa shape index (κ2) is 9.18. The summed E-state index contributed by atoms with van der Waals surface area (Å²) in [6.45, 7) is 0.0471. The number of benzene rings is 1. The molecule has 0 spiro atoms. The van der Waals surface area contributed by atoms with Crippen LogP contribution in [0.3, 0.4) is 0 Å². The van der Waals surface area contributed by atoms with Gasteiger partial charge in [-0.1, -0.05) is 37.8 Å². The quantitative estimate of drug-likeness (QED) is 0.790. The fraction of sp³-hybridized carbons (Fsp3) is 0.556. The zero-order chi connectivity index (χ0) is 16.5. The van der Waals surface area contributed by atoms with Crippen molar-refractivity contribution in [3.63, 3.8) is 0 Å². The van der Waals surface area contributed by atoms with E-state index in [-0.39, 0.29) is 30.8 Å². The number of hydrogen-bond acceptors (Lipinski definition) is 3. The van der Waals surface area contributed by atoms with E-state index in [2.05, 4.69) is 10.6 Å². The normalized spacial score (nSPS) is 15.5. The molecule has 0 atom stereocenters. The third kappa shape index (κ3) is 6.30. The molecule has 0 saturated heterocycles. The number of carbonyl (C=O) groups is 2. The lowest BCUT2D eigenvalue weighted by molar-refractivity contribution is -0.126. The van der Waals surface area contributed by atoms with Gasteiger partial charge in [0.1, 0.15) is 5.75 Å². The van der Waals surface area contributed by atoms with Gasteiger partial charge in [0.2, 0.25) is 11.8 Å². The van der Waals surface area contributed by atoms with E-state index in [9.17, 15) is 9.59 Å². The summed E-state index contributed by atoms with van der Waals surface area (Å²) in [5.74, 6) is 0.517. The van der Waals surface area contributed by atoms with Crippen LogP contribution in [0.1, 0.15) is 44.1 Å². The highest BCUT2D eigenvalue weighted by Gasteiger charge is 2.15. The Morgan fingerprint density at radius 3 is 2.30 bits per heavy atom. The van der Waals surface area contributed by atoms with Crippen molar-refractivity contribution in [3.8, 4) is 5.75 Å². The van der Waals surface area contributed by atoms with E-state index in [0.717, 1.165) is 24.2 Å².